The maximum absolute atomic E-state index is 12.8. The van der Waals surface area contributed by atoms with Gasteiger partial charge in [0.15, 0.2) is 5.78 Å². The van der Waals surface area contributed by atoms with Gasteiger partial charge in [-0.05, 0) is 20.3 Å². The van der Waals surface area contributed by atoms with Crippen LogP contribution in [0.25, 0.3) is 0 Å². The number of rotatable bonds is 6. The van der Waals surface area contributed by atoms with Crippen LogP contribution in [0.3, 0.4) is 0 Å². The van der Waals surface area contributed by atoms with Crippen LogP contribution in [0.1, 0.15) is 62.2 Å². The Morgan fingerprint density at radius 3 is 2.04 bits per heavy atom. The number of ketones is 1. The van der Waals surface area contributed by atoms with Crippen molar-refractivity contribution >= 4 is 17.6 Å². The number of imide groups is 1. The van der Waals surface area contributed by atoms with Gasteiger partial charge in [0, 0.05) is 23.5 Å². The standard InChI is InChI=1S/C20H22N2O3/c1-4-5-11-21-13(2)17-18(14(21)3)20(25)22(19(17)24)12-16(23)15-9-7-6-8-10-15/h6-10H,4-5,11-12H2,1-3H3. The molecule has 0 atom stereocenters. The molecule has 5 nitrogen and oxygen atoms in total. The molecule has 0 aliphatic carbocycles. The Bertz CT molecular complexity index is 810. The first kappa shape index (κ1) is 17.1. The number of carbonyl (C=O) groups excluding carboxylic acids is 3. The van der Waals surface area contributed by atoms with Crippen molar-refractivity contribution < 1.29 is 14.4 Å². The molecular weight excluding hydrogens is 316 g/mol. The van der Waals surface area contributed by atoms with Crippen molar-refractivity contribution in [3.8, 4) is 0 Å². The number of aromatic nitrogens is 1. The van der Waals surface area contributed by atoms with E-state index in [1.807, 2.05) is 24.5 Å². The van der Waals surface area contributed by atoms with Gasteiger partial charge in [-0.3, -0.25) is 19.3 Å². The van der Waals surface area contributed by atoms with Crippen LogP contribution in [0.15, 0.2) is 30.3 Å². The third-order valence-electron chi connectivity index (χ3n) is 4.83. The summed E-state index contributed by atoms with van der Waals surface area (Å²) in [5, 5.41) is 0. The van der Waals surface area contributed by atoms with E-state index in [0.717, 1.165) is 35.7 Å². The number of nitrogens with zero attached hydrogens (tertiary/aromatic N) is 2. The number of unbranched alkanes of at least 4 members (excludes halogenated alkanes) is 1. The summed E-state index contributed by atoms with van der Waals surface area (Å²) >= 11 is 0. The van der Waals surface area contributed by atoms with Gasteiger partial charge in [0.25, 0.3) is 11.8 Å². The molecule has 3 rings (SSSR count). The summed E-state index contributed by atoms with van der Waals surface area (Å²) in [6, 6.07) is 8.73. The number of hydrogen-bond acceptors (Lipinski definition) is 3. The first-order chi connectivity index (χ1) is 12.0. The summed E-state index contributed by atoms with van der Waals surface area (Å²) in [7, 11) is 0. The lowest BCUT2D eigenvalue weighted by atomic mass is 10.1. The second kappa shape index (κ2) is 6.67. The molecule has 0 unspecified atom stereocenters. The minimum Gasteiger partial charge on any atom is -0.348 e. The second-order valence-electron chi connectivity index (χ2n) is 6.41. The molecule has 1 aromatic heterocycles. The Morgan fingerprint density at radius 2 is 1.52 bits per heavy atom. The van der Waals surface area contributed by atoms with Gasteiger partial charge < -0.3 is 4.57 Å². The van der Waals surface area contributed by atoms with Gasteiger partial charge in [0.2, 0.25) is 0 Å². The van der Waals surface area contributed by atoms with Gasteiger partial charge in [-0.15, -0.1) is 0 Å². The Hall–Kier alpha value is -2.69. The van der Waals surface area contributed by atoms with Crippen LogP contribution in [0, 0.1) is 13.8 Å². The number of amides is 2. The lowest BCUT2D eigenvalue weighted by molar-refractivity contribution is 0.0622. The molecule has 130 valence electrons. The van der Waals surface area contributed by atoms with Crippen molar-refractivity contribution in [1.82, 2.24) is 9.47 Å². The highest BCUT2D eigenvalue weighted by Gasteiger charge is 2.41. The molecule has 0 bridgehead atoms. The molecule has 0 saturated carbocycles. The van der Waals surface area contributed by atoms with Gasteiger partial charge in [-0.1, -0.05) is 43.7 Å². The van der Waals surface area contributed by atoms with Crippen molar-refractivity contribution in [3.05, 3.63) is 58.4 Å². The number of Topliss-reactive ketones (excluding diaryl/α,β-unsaturated/α-hetero) is 1. The normalized spacial score (nSPS) is 13.5. The summed E-state index contributed by atoms with van der Waals surface area (Å²) < 4.78 is 2.04. The van der Waals surface area contributed by atoms with Crippen LogP contribution in [0.4, 0.5) is 0 Å². The van der Waals surface area contributed by atoms with Crippen molar-refractivity contribution in [3.63, 3.8) is 0 Å². The number of benzene rings is 1. The predicted molar refractivity (Wildman–Crippen MR) is 95.0 cm³/mol. The SMILES string of the molecule is CCCCn1c(C)c2c(c1C)C(=O)N(CC(=O)c1ccccc1)C2=O. The summed E-state index contributed by atoms with van der Waals surface area (Å²) in [5.41, 5.74) is 3.04. The quantitative estimate of drug-likeness (QED) is 0.599. The van der Waals surface area contributed by atoms with E-state index in [9.17, 15) is 14.4 Å². The fourth-order valence-electron chi connectivity index (χ4n) is 3.42. The monoisotopic (exact) mass is 338 g/mol. The van der Waals surface area contributed by atoms with E-state index in [1.54, 1.807) is 24.3 Å². The van der Waals surface area contributed by atoms with Gasteiger partial charge in [0.1, 0.15) is 0 Å². The molecular formula is C20H22N2O3. The van der Waals surface area contributed by atoms with Gasteiger partial charge in [0.05, 0.1) is 17.7 Å². The lowest BCUT2D eigenvalue weighted by Crippen LogP contribution is -2.35. The van der Waals surface area contributed by atoms with E-state index in [-0.39, 0.29) is 24.1 Å². The van der Waals surface area contributed by atoms with E-state index in [1.165, 1.54) is 0 Å². The van der Waals surface area contributed by atoms with Crippen LogP contribution >= 0.6 is 0 Å². The summed E-state index contributed by atoms with van der Waals surface area (Å²) in [5.74, 6) is -0.957. The first-order valence-corrected chi connectivity index (χ1v) is 8.61. The van der Waals surface area contributed by atoms with Crippen molar-refractivity contribution in [2.45, 2.75) is 40.2 Å². The van der Waals surface area contributed by atoms with Crippen LogP contribution < -0.4 is 0 Å². The van der Waals surface area contributed by atoms with Crippen LogP contribution in [0.5, 0.6) is 0 Å². The summed E-state index contributed by atoms with van der Waals surface area (Å²) in [4.78, 5) is 39.0. The molecule has 0 fully saturated rings. The zero-order valence-electron chi connectivity index (χ0n) is 14.8. The summed E-state index contributed by atoms with van der Waals surface area (Å²) in [6.07, 6.45) is 2.04. The Balaban J connectivity index is 1.88. The average Bonchev–Trinajstić information content (AvgIpc) is 3.01. The highest BCUT2D eigenvalue weighted by molar-refractivity contribution is 6.24. The Kier molecular flexibility index (Phi) is 4.57. The molecule has 2 amide bonds. The minimum absolute atomic E-state index is 0.218. The molecule has 0 saturated heterocycles. The largest absolute Gasteiger partial charge is 0.348 e. The smallest absolute Gasteiger partial charge is 0.263 e. The second-order valence-corrected chi connectivity index (χ2v) is 6.41. The number of fused-ring (bicyclic) bond motifs is 1. The first-order valence-electron chi connectivity index (χ1n) is 8.61. The fourth-order valence-corrected chi connectivity index (χ4v) is 3.42. The topological polar surface area (TPSA) is 59.4 Å². The molecule has 0 radical (unpaired) electrons. The maximum atomic E-state index is 12.8. The molecule has 0 N–H and O–H groups in total. The molecule has 2 aromatic rings. The maximum Gasteiger partial charge on any atom is 0.263 e. The predicted octanol–water partition coefficient (Wildman–Crippen LogP) is 3.38. The zero-order valence-corrected chi connectivity index (χ0v) is 14.8. The van der Waals surface area contributed by atoms with E-state index >= 15 is 0 Å². The number of hydrogen-bond donors (Lipinski definition) is 0. The number of carbonyl (C=O) groups is 3. The van der Waals surface area contributed by atoms with Gasteiger partial charge in [-0.25, -0.2) is 0 Å². The highest BCUT2D eigenvalue weighted by Crippen LogP contribution is 2.31. The molecule has 0 spiro atoms. The van der Waals surface area contributed by atoms with Gasteiger partial charge in [-0.2, -0.15) is 0 Å². The Labute approximate surface area is 147 Å². The summed E-state index contributed by atoms with van der Waals surface area (Å²) in [6.45, 7) is 6.42. The zero-order chi connectivity index (χ0) is 18.1. The molecule has 2 heterocycles. The minimum atomic E-state index is -0.361. The highest BCUT2D eigenvalue weighted by atomic mass is 16.2. The molecule has 1 aliphatic heterocycles. The van der Waals surface area contributed by atoms with E-state index < -0.39 is 0 Å². The fraction of sp³-hybridized carbons (Fsp3) is 0.350. The average molecular weight is 338 g/mol. The third-order valence-corrected chi connectivity index (χ3v) is 4.83. The van der Waals surface area contributed by atoms with Gasteiger partial charge >= 0.3 is 0 Å². The molecule has 1 aromatic carbocycles. The van der Waals surface area contributed by atoms with Crippen molar-refractivity contribution in [2.24, 2.45) is 0 Å². The van der Waals surface area contributed by atoms with Crippen LogP contribution in [-0.4, -0.2) is 33.6 Å². The van der Waals surface area contributed by atoms with E-state index in [2.05, 4.69) is 6.92 Å². The van der Waals surface area contributed by atoms with Crippen molar-refractivity contribution in [2.75, 3.05) is 6.54 Å². The third kappa shape index (κ3) is 2.80. The Morgan fingerprint density at radius 1 is 0.960 bits per heavy atom. The van der Waals surface area contributed by atoms with Crippen molar-refractivity contribution in [1.29, 1.82) is 0 Å². The molecule has 25 heavy (non-hydrogen) atoms. The molecule has 5 heteroatoms. The van der Waals surface area contributed by atoms with Crippen LogP contribution in [0.2, 0.25) is 0 Å². The van der Waals surface area contributed by atoms with E-state index in [4.69, 9.17) is 0 Å². The van der Waals surface area contributed by atoms with Crippen LogP contribution in [-0.2, 0) is 6.54 Å². The lowest BCUT2D eigenvalue weighted by Gasteiger charge is -2.16. The van der Waals surface area contributed by atoms with E-state index in [0.29, 0.717) is 16.7 Å². The molecule has 1 aliphatic rings.